The average molecular weight is 339 g/mol. The molecule has 1 aromatic heterocycles. The Labute approximate surface area is 139 Å². The molecule has 1 heterocycles. The molecule has 1 aliphatic carbocycles. The zero-order chi connectivity index (χ0) is 15.6. The normalized spacial score (nSPS) is 14.3. The number of nitrogens with one attached hydrogen (secondary N) is 2. The van der Waals surface area contributed by atoms with Gasteiger partial charge in [0, 0.05) is 13.1 Å². The summed E-state index contributed by atoms with van der Waals surface area (Å²) >= 11 is 2.88. The highest BCUT2D eigenvalue weighted by Crippen LogP contribution is 2.25. The van der Waals surface area contributed by atoms with Gasteiger partial charge in [-0.25, -0.2) is 0 Å². The molecule has 0 bridgehead atoms. The van der Waals surface area contributed by atoms with Crippen LogP contribution in [-0.2, 0) is 4.79 Å². The van der Waals surface area contributed by atoms with Gasteiger partial charge in [0.2, 0.25) is 11.0 Å². The number of rotatable bonds is 9. The fourth-order valence-corrected chi connectivity index (χ4v) is 3.76. The van der Waals surface area contributed by atoms with Crippen molar-refractivity contribution in [2.45, 2.75) is 36.4 Å². The lowest BCUT2D eigenvalue weighted by atomic mass is 9.97. The Balaban J connectivity index is 1.61. The van der Waals surface area contributed by atoms with Crippen LogP contribution < -0.4 is 10.6 Å². The summed E-state index contributed by atoms with van der Waals surface area (Å²) in [5.74, 6) is 0.437. The van der Waals surface area contributed by atoms with Gasteiger partial charge < -0.3 is 10.6 Å². The van der Waals surface area contributed by atoms with E-state index in [2.05, 4.69) is 33.5 Å². The third kappa shape index (κ3) is 6.19. The van der Waals surface area contributed by atoms with Gasteiger partial charge in [-0.05, 0) is 32.1 Å². The first-order chi connectivity index (χ1) is 10.8. The topological polar surface area (TPSA) is 66.9 Å². The number of aromatic nitrogens is 2. The summed E-state index contributed by atoms with van der Waals surface area (Å²) in [5, 5.41) is 14.8. The van der Waals surface area contributed by atoms with E-state index in [1.54, 1.807) is 6.08 Å². The van der Waals surface area contributed by atoms with Gasteiger partial charge in [0.25, 0.3) is 0 Å². The van der Waals surface area contributed by atoms with Crippen molar-refractivity contribution in [1.82, 2.24) is 15.5 Å². The molecule has 0 radical (unpaired) electrons. The number of nitrogens with zero attached hydrogens (tertiary/aromatic N) is 2. The Kier molecular flexibility index (Phi) is 7.45. The zero-order valence-corrected chi connectivity index (χ0v) is 14.3. The fourth-order valence-electron chi connectivity index (χ4n) is 2.17. The van der Waals surface area contributed by atoms with Crippen LogP contribution in [0.25, 0.3) is 0 Å². The molecule has 1 amide bonds. The van der Waals surface area contributed by atoms with Crippen LogP contribution in [0.1, 0.15) is 32.1 Å². The van der Waals surface area contributed by atoms with Gasteiger partial charge in [0.15, 0.2) is 4.34 Å². The molecule has 0 spiro atoms. The van der Waals surface area contributed by atoms with Crippen LogP contribution in [0.5, 0.6) is 0 Å². The maximum atomic E-state index is 11.8. The van der Waals surface area contributed by atoms with E-state index in [0.717, 1.165) is 22.4 Å². The van der Waals surface area contributed by atoms with Gasteiger partial charge in [-0.2, -0.15) is 0 Å². The second-order valence-electron chi connectivity index (χ2n) is 5.04. The van der Waals surface area contributed by atoms with E-state index >= 15 is 0 Å². The molecule has 2 rings (SSSR count). The molecule has 2 N–H and O–H groups in total. The van der Waals surface area contributed by atoms with E-state index in [9.17, 15) is 4.79 Å². The van der Waals surface area contributed by atoms with Crippen molar-refractivity contribution in [3.8, 4) is 0 Å². The van der Waals surface area contributed by atoms with Gasteiger partial charge >= 0.3 is 0 Å². The first-order valence-corrected chi connectivity index (χ1v) is 9.34. The quantitative estimate of drug-likeness (QED) is 0.534. The molecular formula is C15H22N4OS2. The average Bonchev–Trinajstić information content (AvgIpc) is 3.00. The first-order valence-electron chi connectivity index (χ1n) is 7.53. The Hall–Kier alpha value is -1.34. The second kappa shape index (κ2) is 9.63. The lowest BCUT2D eigenvalue weighted by Crippen LogP contribution is -2.26. The molecule has 0 saturated heterocycles. The fraction of sp³-hybridized carbons (Fsp3) is 0.533. The molecule has 22 heavy (non-hydrogen) atoms. The maximum absolute atomic E-state index is 11.8. The number of hydrogen-bond acceptors (Lipinski definition) is 6. The Morgan fingerprint density at radius 2 is 2.36 bits per heavy atom. The summed E-state index contributed by atoms with van der Waals surface area (Å²) in [5.41, 5.74) is 1.49. The Morgan fingerprint density at radius 3 is 3.14 bits per heavy atom. The number of amides is 1. The number of anilines is 1. The van der Waals surface area contributed by atoms with Gasteiger partial charge in [0.05, 0.1) is 5.75 Å². The van der Waals surface area contributed by atoms with Crippen LogP contribution in [0.15, 0.2) is 28.6 Å². The van der Waals surface area contributed by atoms with Gasteiger partial charge in [-0.1, -0.05) is 40.8 Å². The van der Waals surface area contributed by atoms with Crippen LogP contribution in [-0.4, -0.2) is 34.9 Å². The molecule has 0 atom stereocenters. The SMILES string of the molecule is C=CCNc1nnc(SCC(=O)NCCC2=CCCCC2)s1. The van der Waals surface area contributed by atoms with Crippen LogP contribution in [0.3, 0.4) is 0 Å². The number of hydrogen-bond donors (Lipinski definition) is 2. The second-order valence-corrected chi connectivity index (χ2v) is 7.24. The van der Waals surface area contributed by atoms with E-state index in [1.807, 2.05) is 0 Å². The third-order valence-corrected chi connectivity index (χ3v) is 5.30. The van der Waals surface area contributed by atoms with Crippen molar-refractivity contribution >= 4 is 34.1 Å². The highest BCUT2D eigenvalue weighted by Gasteiger charge is 2.08. The van der Waals surface area contributed by atoms with Crippen molar-refractivity contribution in [1.29, 1.82) is 0 Å². The van der Waals surface area contributed by atoms with Crippen molar-refractivity contribution < 1.29 is 4.79 Å². The maximum Gasteiger partial charge on any atom is 0.230 e. The smallest absolute Gasteiger partial charge is 0.230 e. The highest BCUT2D eigenvalue weighted by atomic mass is 32.2. The minimum absolute atomic E-state index is 0.0530. The van der Waals surface area contributed by atoms with Crippen molar-refractivity contribution in [2.75, 3.05) is 24.2 Å². The summed E-state index contributed by atoms with van der Waals surface area (Å²) < 4.78 is 0.803. The minimum Gasteiger partial charge on any atom is -0.357 e. The van der Waals surface area contributed by atoms with Crippen LogP contribution >= 0.6 is 23.1 Å². The molecule has 1 aliphatic rings. The molecule has 0 saturated carbocycles. The van der Waals surface area contributed by atoms with Gasteiger partial charge in [-0.3, -0.25) is 4.79 Å². The zero-order valence-electron chi connectivity index (χ0n) is 12.6. The minimum atomic E-state index is 0.0530. The summed E-state index contributed by atoms with van der Waals surface area (Å²) in [7, 11) is 0. The predicted molar refractivity (Wildman–Crippen MR) is 93.5 cm³/mol. The predicted octanol–water partition coefficient (Wildman–Crippen LogP) is 3.23. The third-order valence-electron chi connectivity index (χ3n) is 3.28. The number of allylic oxidation sites excluding steroid dienone is 1. The van der Waals surface area contributed by atoms with Crippen LogP contribution in [0.2, 0.25) is 0 Å². The number of thioether (sulfide) groups is 1. The van der Waals surface area contributed by atoms with Crippen molar-refractivity contribution in [2.24, 2.45) is 0 Å². The van der Waals surface area contributed by atoms with Crippen LogP contribution in [0, 0.1) is 0 Å². The summed E-state index contributed by atoms with van der Waals surface area (Å²) in [4.78, 5) is 11.8. The molecule has 120 valence electrons. The summed E-state index contributed by atoms with van der Waals surface area (Å²) in [6, 6.07) is 0. The van der Waals surface area contributed by atoms with Crippen molar-refractivity contribution in [3.05, 3.63) is 24.3 Å². The molecule has 5 nitrogen and oxygen atoms in total. The number of carbonyl (C=O) groups is 1. The summed E-state index contributed by atoms with van der Waals surface area (Å²) in [6.07, 6.45) is 10.0. The van der Waals surface area contributed by atoms with E-state index in [4.69, 9.17) is 0 Å². The van der Waals surface area contributed by atoms with Gasteiger partial charge in [0.1, 0.15) is 0 Å². The molecule has 0 unspecified atom stereocenters. The molecular weight excluding hydrogens is 316 g/mol. The number of carbonyl (C=O) groups excluding carboxylic acids is 1. The standard InChI is InChI=1S/C15H22N4OS2/c1-2-9-17-14-18-19-15(22-14)21-11-13(20)16-10-8-12-6-4-3-5-7-12/h2,6H,1,3-5,7-11H2,(H,16,20)(H,17,18). The molecule has 0 aliphatic heterocycles. The lowest BCUT2D eigenvalue weighted by Gasteiger charge is -2.12. The first kappa shape index (κ1) is 17.0. The molecule has 7 heteroatoms. The molecule has 0 aromatic carbocycles. The van der Waals surface area contributed by atoms with E-state index in [1.165, 1.54) is 54.4 Å². The summed E-state index contributed by atoms with van der Waals surface area (Å²) in [6.45, 7) is 5.03. The Morgan fingerprint density at radius 1 is 1.45 bits per heavy atom. The van der Waals surface area contributed by atoms with Crippen molar-refractivity contribution in [3.63, 3.8) is 0 Å². The molecule has 0 fully saturated rings. The Bertz CT molecular complexity index is 527. The largest absolute Gasteiger partial charge is 0.357 e. The lowest BCUT2D eigenvalue weighted by molar-refractivity contribution is -0.118. The monoisotopic (exact) mass is 338 g/mol. The van der Waals surface area contributed by atoms with E-state index < -0.39 is 0 Å². The van der Waals surface area contributed by atoms with Crippen LogP contribution in [0.4, 0.5) is 5.13 Å². The van der Waals surface area contributed by atoms with Gasteiger partial charge in [-0.15, -0.1) is 16.8 Å². The van der Waals surface area contributed by atoms with E-state index in [-0.39, 0.29) is 5.91 Å². The molecule has 1 aromatic rings. The van der Waals surface area contributed by atoms with E-state index in [0.29, 0.717) is 12.3 Å². The highest BCUT2D eigenvalue weighted by molar-refractivity contribution is 8.01.